The minimum atomic E-state index is 0.900. The van der Waals surface area contributed by atoms with Crippen LogP contribution in [0.5, 0.6) is 0 Å². The number of rotatable bonds is 7. The van der Waals surface area contributed by atoms with E-state index in [4.69, 9.17) is 9.97 Å². The first-order chi connectivity index (χ1) is 24.8. The van der Waals surface area contributed by atoms with Gasteiger partial charge in [0.05, 0.1) is 27.9 Å². The molecule has 3 aromatic heterocycles. The molecule has 0 spiro atoms. The zero-order valence-electron chi connectivity index (χ0n) is 27.2. The average Bonchev–Trinajstić information content (AvgIpc) is 3.53. The van der Waals surface area contributed by atoms with E-state index in [1.807, 2.05) is 12.3 Å². The zero-order valence-corrected chi connectivity index (χ0v) is 27.2. The molecule has 0 atom stereocenters. The lowest BCUT2D eigenvalue weighted by Crippen LogP contribution is -1.98. The smallest absolute Gasteiger partial charge is 0.0971 e. The molecule has 0 amide bonds. The Morgan fingerprint density at radius 3 is 1.80 bits per heavy atom. The van der Waals surface area contributed by atoms with Crippen LogP contribution in [0.4, 0.5) is 11.4 Å². The molecule has 1 N–H and O–H groups in total. The van der Waals surface area contributed by atoms with Gasteiger partial charge in [-0.25, -0.2) is 4.98 Å². The predicted octanol–water partition coefficient (Wildman–Crippen LogP) is 12.0. The van der Waals surface area contributed by atoms with E-state index in [0.29, 0.717) is 0 Å². The first-order valence-electron chi connectivity index (χ1n) is 16.8. The van der Waals surface area contributed by atoms with Crippen molar-refractivity contribution in [3.05, 3.63) is 188 Å². The largest absolute Gasteiger partial charge is 0.354 e. The van der Waals surface area contributed by atoms with E-state index in [9.17, 15) is 0 Å². The predicted molar refractivity (Wildman–Crippen MR) is 208 cm³/mol. The van der Waals surface area contributed by atoms with Crippen molar-refractivity contribution in [3.63, 3.8) is 0 Å². The maximum Gasteiger partial charge on any atom is 0.0971 e. The summed E-state index contributed by atoms with van der Waals surface area (Å²) in [6.07, 6.45) is 1.95. The highest BCUT2D eigenvalue weighted by Gasteiger charge is 2.17. The number of nitrogens with zero attached hydrogens (tertiary/aromatic N) is 3. The van der Waals surface area contributed by atoms with E-state index >= 15 is 0 Å². The Labute approximate surface area is 291 Å². The van der Waals surface area contributed by atoms with Crippen molar-refractivity contribution < 1.29 is 0 Å². The molecule has 0 unspecified atom stereocenters. The SMILES string of the molecule is c1ccc(-c2ccc(-c3ccccc3Nc3ccc(-c4ccccc4)cc3-c3ccc4c(n3)c3ccccc3n4-c3ccccc3)nc2)cc1. The highest BCUT2D eigenvalue weighted by atomic mass is 15.0. The van der Waals surface area contributed by atoms with Gasteiger partial charge in [-0.3, -0.25) is 4.98 Å². The van der Waals surface area contributed by atoms with Crippen molar-refractivity contribution in [1.29, 1.82) is 0 Å². The number of pyridine rings is 2. The molecule has 0 aliphatic rings. The summed E-state index contributed by atoms with van der Waals surface area (Å²) in [5.74, 6) is 0. The number of nitrogens with one attached hydrogen (secondary N) is 1. The summed E-state index contributed by atoms with van der Waals surface area (Å²) in [5, 5.41) is 4.92. The summed E-state index contributed by atoms with van der Waals surface area (Å²) in [6, 6.07) is 63.4. The van der Waals surface area contributed by atoms with E-state index in [2.05, 4.69) is 186 Å². The van der Waals surface area contributed by atoms with Crippen molar-refractivity contribution in [2.45, 2.75) is 0 Å². The van der Waals surface area contributed by atoms with Gasteiger partial charge in [-0.15, -0.1) is 0 Å². The van der Waals surface area contributed by atoms with Gasteiger partial charge in [0.1, 0.15) is 0 Å². The van der Waals surface area contributed by atoms with Gasteiger partial charge in [0.25, 0.3) is 0 Å². The van der Waals surface area contributed by atoms with Gasteiger partial charge in [-0.05, 0) is 71.3 Å². The van der Waals surface area contributed by atoms with Gasteiger partial charge in [0, 0.05) is 45.3 Å². The second-order valence-corrected chi connectivity index (χ2v) is 12.3. The molecule has 3 heterocycles. The normalized spacial score (nSPS) is 11.2. The average molecular weight is 641 g/mol. The molecule has 9 rings (SSSR count). The van der Waals surface area contributed by atoms with Gasteiger partial charge >= 0.3 is 0 Å². The summed E-state index contributed by atoms with van der Waals surface area (Å²) in [7, 11) is 0. The number of benzene rings is 6. The number of aromatic nitrogens is 3. The molecule has 6 aromatic carbocycles. The fourth-order valence-corrected chi connectivity index (χ4v) is 6.82. The molecule has 4 nitrogen and oxygen atoms in total. The molecule has 0 aliphatic carbocycles. The third kappa shape index (κ3) is 5.39. The van der Waals surface area contributed by atoms with Crippen LogP contribution in [0.1, 0.15) is 0 Å². The number of fused-ring (bicyclic) bond motifs is 3. The molecule has 9 aromatic rings. The Morgan fingerprint density at radius 2 is 1.04 bits per heavy atom. The molecule has 236 valence electrons. The third-order valence-corrected chi connectivity index (χ3v) is 9.27. The van der Waals surface area contributed by atoms with Crippen LogP contribution >= 0.6 is 0 Å². The van der Waals surface area contributed by atoms with Crippen LogP contribution in [0.25, 0.3) is 72.4 Å². The fraction of sp³-hybridized carbons (Fsp3) is 0. The molecule has 50 heavy (non-hydrogen) atoms. The second-order valence-electron chi connectivity index (χ2n) is 12.3. The van der Waals surface area contributed by atoms with Gasteiger partial charge in [-0.1, -0.05) is 127 Å². The Kier molecular flexibility index (Phi) is 7.45. The Bertz CT molecular complexity index is 2590. The molecular weight excluding hydrogens is 609 g/mol. The van der Waals surface area contributed by atoms with Crippen LogP contribution in [0.2, 0.25) is 0 Å². The van der Waals surface area contributed by atoms with Crippen LogP contribution in [0.15, 0.2) is 188 Å². The lowest BCUT2D eigenvalue weighted by atomic mass is 9.99. The molecule has 0 saturated carbocycles. The summed E-state index contributed by atoms with van der Waals surface area (Å²) in [5.41, 5.74) is 14.6. The van der Waals surface area contributed by atoms with E-state index in [1.54, 1.807) is 0 Å². The van der Waals surface area contributed by atoms with Crippen LogP contribution < -0.4 is 5.32 Å². The Morgan fingerprint density at radius 1 is 0.420 bits per heavy atom. The summed E-state index contributed by atoms with van der Waals surface area (Å²) < 4.78 is 2.30. The second kappa shape index (κ2) is 12.7. The monoisotopic (exact) mass is 640 g/mol. The number of para-hydroxylation sites is 3. The molecule has 0 bridgehead atoms. The number of anilines is 2. The molecular formula is C46H32N4. The summed E-state index contributed by atoms with van der Waals surface area (Å²) in [4.78, 5) is 10.3. The van der Waals surface area contributed by atoms with Crippen LogP contribution in [-0.4, -0.2) is 14.5 Å². The molecule has 4 heteroatoms. The van der Waals surface area contributed by atoms with Gasteiger partial charge in [-0.2, -0.15) is 0 Å². The standard InChI is InChI=1S/C46H32N4/c1-4-14-32(15-5-1)34-24-27-42(48-41-22-12-10-20-37(41)40-26-25-35(31-47-40)33-16-6-2-7-17-33)39(30-34)43-28-29-45-46(49-43)38-21-11-13-23-44(38)50(45)36-18-8-3-9-19-36/h1-31,48H. The number of hydrogen-bond acceptors (Lipinski definition) is 3. The minimum absolute atomic E-state index is 0.900. The van der Waals surface area contributed by atoms with Gasteiger partial charge in [0.15, 0.2) is 0 Å². The molecule has 0 saturated heterocycles. The van der Waals surface area contributed by atoms with Crippen molar-refractivity contribution >= 4 is 33.3 Å². The maximum absolute atomic E-state index is 5.40. The quantitative estimate of drug-likeness (QED) is 0.188. The Hall–Kier alpha value is -6.78. The van der Waals surface area contributed by atoms with Crippen LogP contribution in [0.3, 0.4) is 0 Å². The van der Waals surface area contributed by atoms with Gasteiger partial charge < -0.3 is 9.88 Å². The molecule has 0 fully saturated rings. The lowest BCUT2D eigenvalue weighted by Gasteiger charge is -2.17. The lowest BCUT2D eigenvalue weighted by molar-refractivity contribution is 1.18. The van der Waals surface area contributed by atoms with Crippen molar-refractivity contribution in [2.75, 3.05) is 5.32 Å². The third-order valence-electron chi connectivity index (χ3n) is 9.27. The van der Waals surface area contributed by atoms with Gasteiger partial charge in [0.2, 0.25) is 0 Å². The van der Waals surface area contributed by atoms with E-state index in [0.717, 1.165) is 83.8 Å². The topological polar surface area (TPSA) is 42.7 Å². The van der Waals surface area contributed by atoms with Crippen LogP contribution in [-0.2, 0) is 0 Å². The van der Waals surface area contributed by atoms with E-state index < -0.39 is 0 Å². The highest BCUT2D eigenvalue weighted by molar-refractivity contribution is 6.08. The zero-order chi connectivity index (χ0) is 33.3. The van der Waals surface area contributed by atoms with Crippen molar-refractivity contribution in [3.8, 4) is 50.5 Å². The first kappa shape index (κ1) is 29.4. The van der Waals surface area contributed by atoms with Crippen molar-refractivity contribution in [2.24, 2.45) is 0 Å². The van der Waals surface area contributed by atoms with E-state index in [1.165, 1.54) is 0 Å². The summed E-state index contributed by atoms with van der Waals surface area (Å²) in [6.45, 7) is 0. The molecule has 0 aliphatic heterocycles. The fourth-order valence-electron chi connectivity index (χ4n) is 6.82. The van der Waals surface area contributed by atoms with E-state index in [-0.39, 0.29) is 0 Å². The van der Waals surface area contributed by atoms with Crippen molar-refractivity contribution in [1.82, 2.24) is 14.5 Å². The Balaban J connectivity index is 1.17. The molecule has 0 radical (unpaired) electrons. The highest BCUT2D eigenvalue weighted by Crippen LogP contribution is 2.39. The minimum Gasteiger partial charge on any atom is -0.354 e. The van der Waals surface area contributed by atoms with Crippen LogP contribution in [0, 0.1) is 0 Å². The first-order valence-corrected chi connectivity index (χ1v) is 16.8. The number of hydrogen-bond donors (Lipinski definition) is 1. The maximum atomic E-state index is 5.40. The summed E-state index contributed by atoms with van der Waals surface area (Å²) >= 11 is 0.